The number of hydrogen-bond acceptors (Lipinski definition) is 3. The Bertz CT molecular complexity index is 565. The lowest BCUT2D eigenvalue weighted by atomic mass is 10.0. The van der Waals surface area contributed by atoms with Crippen LogP contribution in [0.15, 0.2) is 24.5 Å². The average molecular weight is 276 g/mol. The molecular weight excluding hydrogens is 255 g/mol. The lowest BCUT2D eigenvalue weighted by Gasteiger charge is -2.19. The molecule has 0 bridgehead atoms. The smallest absolute Gasteiger partial charge is 0.146 e. The number of nitrogens with zero attached hydrogens (tertiary/aromatic N) is 3. The van der Waals surface area contributed by atoms with E-state index in [0.29, 0.717) is 5.56 Å². The Hall–Kier alpha value is -1.75. The first-order valence-electron chi connectivity index (χ1n) is 7.03. The Morgan fingerprint density at radius 2 is 2.20 bits per heavy atom. The molecule has 0 aromatic carbocycles. The molecule has 4 nitrogen and oxygen atoms in total. The Morgan fingerprint density at radius 1 is 1.40 bits per heavy atom. The summed E-state index contributed by atoms with van der Waals surface area (Å²) < 4.78 is 15.9. The standard InChI is InChI=1S/C15H21FN4/c1-4-7-18-15(12-6-8-17-10-13(12)16)14-9-11(5-2)19-20(14)3/h6,8-10,15,18H,4-5,7H2,1-3H3. The van der Waals surface area contributed by atoms with Crippen molar-refractivity contribution in [1.29, 1.82) is 0 Å². The summed E-state index contributed by atoms with van der Waals surface area (Å²) >= 11 is 0. The first-order valence-corrected chi connectivity index (χ1v) is 7.03. The van der Waals surface area contributed by atoms with Crippen molar-refractivity contribution in [3.63, 3.8) is 0 Å². The third-order valence-electron chi connectivity index (χ3n) is 3.34. The predicted molar refractivity (Wildman–Crippen MR) is 76.9 cm³/mol. The number of nitrogens with one attached hydrogen (secondary N) is 1. The van der Waals surface area contributed by atoms with Gasteiger partial charge in [0.05, 0.1) is 23.6 Å². The Labute approximate surface area is 119 Å². The summed E-state index contributed by atoms with van der Waals surface area (Å²) in [6.45, 7) is 4.97. The van der Waals surface area contributed by atoms with E-state index in [4.69, 9.17) is 0 Å². The molecule has 0 radical (unpaired) electrons. The minimum absolute atomic E-state index is 0.198. The van der Waals surface area contributed by atoms with Crippen LogP contribution in [0.4, 0.5) is 4.39 Å². The van der Waals surface area contributed by atoms with E-state index in [2.05, 4.69) is 29.2 Å². The summed E-state index contributed by atoms with van der Waals surface area (Å²) in [6, 6.07) is 3.56. The number of rotatable bonds is 6. The van der Waals surface area contributed by atoms with Crippen molar-refractivity contribution in [2.24, 2.45) is 7.05 Å². The summed E-state index contributed by atoms with van der Waals surface area (Å²) in [6.07, 6.45) is 4.73. The number of hydrogen-bond donors (Lipinski definition) is 1. The molecule has 0 fully saturated rings. The molecule has 2 aromatic heterocycles. The molecule has 0 aliphatic carbocycles. The van der Waals surface area contributed by atoms with E-state index in [9.17, 15) is 4.39 Å². The Morgan fingerprint density at radius 3 is 2.80 bits per heavy atom. The van der Waals surface area contributed by atoms with Crippen molar-refractivity contribution in [2.75, 3.05) is 6.54 Å². The van der Waals surface area contributed by atoms with Crippen LogP contribution in [0.25, 0.3) is 0 Å². The maximum Gasteiger partial charge on any atom is 0.146 e. The van der Waals surface area contributed by atoms with Gasteiger partial charge in [0.25, 0.3) is 0 Å². The molecule has 2 aromatic rings. The topological polar surface area (TPSA) is 42.7 Å². The van der Waals surface area contributed by atoms with Crippen molar-refractivity contribution in [3.05, 3.63) is 47.3 Å². The zero-order valence-electron chi connectivity index (χ0n) is 12.2. The van der Waals surface area contributed by atoms with Gasteiger partial charge < -0.3 is 5.32 Å². The SMILES string of the molecule is CCCNC(c1ccncc1F)c1cc(CC)nn1C. The molecular formula is C15H21FN4. The van der Waals surface area contributed by atoms with Crippen LogP contribution in [-0.4, -0.2) is 21.3 Å². The highest BCUT2D eigenvalue weighted by Gasteiger charge is 2.21. The molecule has 0 spiro atoms. The van der Waals surface area contributed by atoms with Gasteiger partial charge in [-0.15, -0.1) is 0 Å². The van der Waals surface area contributed by atoms with E-state index in [1.807, 2.05) is 17.8 Å². The molecule has 0 saturated heterocycles. The fourth-order valence-electron chi connectivity index (χ4n) is 2.27. The zero-order chi connectivity index (χ0) is 14.5. The van der Waals surface area contributed by atoms with Gasteiger partial charge in [0.2, 0.25) is 0 Å². The maximum absolute atomic E-state index is 14.0. The Kier molecular flexibility index (Phi) is 4.84. The van der Waals surface area contributed by atoms with Crippen LogP contribution in [0.5, 0.6) is 0 Å². The lowest BCUT2D eigenvalue weighted by molar-refractivity contribution is 0.517. The fourth-order valence-corrected chi connectivity index (χ4v) is 2.27. The fraction of sp³-hybridized carbons (Fsp3) is 0.467. The molecule has 20 heavy (non-hydrogen) atoms. The first kappa shape index (κ1) is 14.7. The second kappa shape index (κ2) is 6.61. The molecule has 1 atom stereocenters. The zero-order valence-corrected chi connectivity index (χ0v) is 12.2. The van der Waals surface area contributed by atoms with Gasteiger partial charge in [-0.05, 0) is 31.5 Å². The van der Waals surface area contributed by atoms with E-state index in [1.54, 1.807) is 12.3 Å². The highest BCUT2D eigenvalue weighted by molar-refractivity contribution is 5.28. The van der Waals surface area contributed by atoms with Crippen molar-refractivity contribution >= 4 is 0 Å². The van der Waals surface area contributed by atoms with Crippen molar-refractivity contribution in [1.82, 2.24) is 20.1 Å². The van der Waals surface area contributed by atoms with Gasteiger partial charge >= 0.3 is 0 Å². The highest BCUT2D eigenvalue weighted by atomic mass is 19.1. The molecule has 2 heterocycles. The Balaban J connectivity index is 2.41. The lowest BCUT2D eigenvalue weighted by Crippen LogP contribution is -2.26. The van der Waals surface area contributed by atoms with E-state index in [1.165, 1.54) is 6.20 Å². The molecule has 2 rings (SSSR count). The largest absolute Gasteiger partial charge is 0.305 e. The second-order valence-electron chi connectivity index (χ2n) is 4.82. The van der Waals surface area contributed by atoms with Crippen LogP contribution < -0.4 is 5.32 Å². The van der Waals surface area contributed by atoms with Crippen LogP contribution in [0, 0.1) is 5.82 Å². The number of aromatic nitrogens is 3. The van der Waals surface area contributed by atoms with Gasteiger partial charge in [-0.3, -0.25) is 9.67 Å². The normalized spacial score (nSPS) is 12.6. The molecule has 1 unspecified atom stereocenters. The second-order valence-corrected chi connectivity index (χ2v) is 4.82. The van der Waals surface area contributed by atoms with Crippen LogP contribution in [-0.2, 0) is 13.5 Å². The molecule has 0 aliphatic rings. The van der Waals surface area contributed by atoms with Gasteiger partial charge in [-0.2, -0.15) is 5.10 Å². The third kappa shape index (κ3) is 3.04. The summed E-state index contributed by atoms with van der Waals surface area (Å²) in [5, 5.41) is 7.84. The first-order chi connectivity index (χ1) is 9.67. The van der Waals surface area contributed by atoms with Gasteiger partial charge in [0.15, 0.2) is 0 Å². The quantitative estimate of drug-likeness (QED) is 0.882. The van der Waals surface area contributed by atoms with Gasteiger partial charge in [0, 0.05) is 18.8 Å². The van der Waals surface area contributed by atoms with E-state index < -0.39 is 0 Å². The third-order valence-corrected chi connectivity index (χ3v) is 3.34. The monoisotopic (exact) mass is 276 g/mol. The summed E-state index contributed by atoms with van der Waals surface area (Å²) in [7, 11) is 1.90. The predicted octanol–water partition coefficient (Wildman–Crippen LogP) is 2.61. The van der Waals surface area contributed by atoms with Crippen LogP contribution in [0.3, 0.4) is 0 Å². The molecule has 5 heteroatoms. The molecule has 1 N–H and O–H groups in total. The van der Waals surface area contributed by atoms with Crippen LogP contribution >= 0.6 is 0 Å². The molecule has 0 amide bonds. The number of pyridine rings is 1. The summed E-state index contributed by atoms with van der Waals surface area (Å²) in [5.41, 5.74) is 2.60. The van der Waals surface area contributed by atoms with Gasteiger partial charge in [0.1, 0.15) is 5.82 Å². The summed E-state index contributed by atoms with van der Waals surface area (Å²) in [5.74, 6) is -0.291. The minimum atomic E-state index is -0.291. The molecule has 108 valence electrons. The van der Waals surface area contributed by atoms with E-state index >= 15 is 0 Å². The van der Waals surface area contributed by atoms with Crippen LogP contribution in [0.2, 0.25) is 0 Å². The number of halogens is 1. The number of aryl methyl sites for hydroxylation is 2. The minimum Gasteiger partial charge on any atom is -0.305 e. The van der Waals surface area contributed by atoms with Gasteiger partial charge in [-0.1, -0.05) is 13.8 Å². The molecule has 0 saturated carbocycles. The van der Waals surface area contributed by atoms with E-state index in [0.717, 1.165) is 30.8 Å². The van der Waals surface area contributed by atoms with Crippen molar-refractivity contribution < 1.29 is 4.39 Å². The van der Waals surface area contributed by atoms with Crippen LogP contribution in [0.1, 0.15) is 43.3 Å². The maximum atomic E-state index is 14.0. The highest BCUT2D eigenvalue weighted by Crippen LogP contribution is 2.24. The summed E-state index contributed by atoms with van der Waals surface area (Å²) in [4.78, 5) is 3.82. The van der Waals surface area contributed by atoms with E-state index in [-0.39, 0.29) is 11.9 Å². The molecule has 0 aliphatic heterocycles. The van der Waals surface area contributed by atoms with Crippen molar-refractivity contribution in [3.8, 4) is 0 Å². The van der Waals surface area contributed by atoms with Gasteiger partial charge in [-0.25, -0.2) is 4.39 Å². The average Bonchev–Trinajstić information content (AvgIpc) is 2.82. The van der Waals surface area contributed by atoms with Crippen molar-refractivity contribution in [2.45, 2.75) is 32.7 Å².